The van der Waals surface area contributed by atoms with E-state index >= 15 is 0 Å². The van der Waals surface area contributed by atoms with Crippen molar-refractivity contribution in [2.45, 2.75) is 52.9 Å². The molecule has 1 aromatic rings. The van der Waals surface area contributed by atoms with Crippen molar-refractivity contribution in [2.24, 2.45) is 5.92 Å². The second kappa shape index (κ2) is 7.46. The molecule has 4 nitrogen and oxygen atoms in total. The first kappa shape index (κ1) is 15.1. The molecule has 0 aliphatic carbocycles. The molecule has 0 saturated carbocycles. The Morgan fingerprint density at radius 3 is 2.85 bits per heavy atom. The van der Waals surface area contributed by atoms with Crippen LogP contribution in [0.1, 0.15) is 52.3 Å². The van der Waals surface area contributed by atoms with Gasteiger partial charge in [0.25, 0.3) is 0 Å². The van der Waals surface area contributed by atoms with Crippen LogP contribution in [0.25, 0.3) is 0 Å². The minimum atomic E-state index is 0.838. The van der Waals surface area contributed by atoms with Crippen molar-refractivity contribution in [2.75, 3.05) is 29.9 Å². The van der Waals surface area contributed by atoms with E-state index in [0.29, 0.717) is 0 Å². The van der Waals surface area contributed by atoms with Crippen LogP contribution in [0.3, 0.4) is 0 Å². The smallest absolute Gasteiger partial charge is 0.134 e. The first-order valence-corrected chi connectivity index (χ1v) is 8.09. The van der Waals surface area contributed by atoms with Gasteiger partial charge in [-0.3, -0.25) is 0 Å². The second-order valence-electron chi connectivity index (χ2n) is 5.83. The van der Waals surface area contributed by atoms with Gasteiger partial charge in [0.2, 0.25) is 0 Å². The number of nitrogens with one attached hydrogen (secondary N) is 1. The van der Waals surface area contributed by atoms with Gasteiger partial charge in [-0.1, -0.05) is 20.8 Å². The molecule has 1 unspecified atom stereocenters. The first-order valence-electron chi connectivity index (χ1n) is 8.09. The van der Waals surface area contributed by atoms with Crippen molar-refractivity contribution < 1.29 is 0 Å². The number of hydrogen-bond donors (Lipinski definition) is 1. The monoisotopic (exact) mass is 276 g/mol. The molecular weight excluding hydrogens is 248 g/mol. The maximum Gasteiger partial charge on any atom is 0.134 e. The van der Waals surface area contributed by atoms with Gasteiger partial charge in [0.05, 0.1) is 0 Å². The minimum Gasteiger partial charge on any atom is -0.370 e. The summed E-state index contributed by atoms with van der Waals surface area (Å²) in [6, 6.07) is 2.12. The third-order valence-electron chi connectivity index (χ3n) is 3.97. The van der Waals surface area contributed by atoms with E-state index in [-0.39, 0.29) is 0 Å². The van der Waals surface area contributed by atoms with Gasteiger partial charge in [0.1, 0.15) is 17.5 Å². The average molecular weight is 276 g/mol. The Bertz CT molecular complexity index is 419. The quantitative estimate of drug-likeness (QED) is 0.894. The molecule has 112 valence electrons. The van der Waals surface area contributed by atoms with Crippen LogP contribution < -0.4 is 10.2 Å². The maximum atomic E-state index is 4.73. The molecule has 1 aromatic heterocycles. The molecule has 0 bridgehead atoms. The van der Waals surface area contributed by atoms with E-state index in [2.05, 4.69) is 42.0 Å². The van der Waals surface area contributed by atoms with E-state index in [1.165, 1.54) is 19.3 Å². The standard InChI is InChI=1S/C16H28N4/c1-4-9-17-15-12-16(19-14(5-2)18-15)20-10-6-7-13(3)8-11-20/h12-13H,4-11H2,1-3H3,(H,17,18,19). The van der Waals surface area contributed by atoms with E-state index in [9.17, 15) is 0 Å². The van der Waals surface area contributed by atoms with Crippen LogP contribution >= 0.6 is 0 Å². The minimum absolute atomic E-state index is 0.838. The molecule has 1 saturated heterocycles. The van der Waals surface area contributed by atoms with E-state index in [1.54, 1.807) is 0 Å². The Labute approximate surface area is 123 Å². The van der Waals surface area contributed by atoms with Gasteiger partial charge in [0.15, 0.2) is 0 Å². The summed E-state index contributed by atoms with van der Waals surface area (Å²) >= 11 is 0. The highest BCUT2D eigenvalue weighted by molar-refractivity contribution is 5.49. The second-order valence-corrected chi connectivity index (χ2v) is 5.83. The van der Waals surface area contributed by atoms with E-state index in [0.717, 1.165) is 55.9 Å². The van der Waals surface area contributed by atoms with Gasteiger partial charge in [-0.15, -0.1) is 0 Å². The fourth-order valence-corrected chi connectivity index (χ4v) is 2.64. The number of aryl methyl sites for hydroxylation is 1. The summed E-state index contributed by atoms with van der Waals surface area (Å²) in [5.74, 6) is 3.86. The van der Waals surface area contributed by atoms with Crippen molar-refractivity contribution in [3.63, 3.8) is 0 Å². The molecule has 2 heterocycles. The van der Waals surface area contributed by atoms with Crippen molar-refractivity contribution in [3.05, 3.63) is 11.9 Å². The maximum absolute atomic E-state index is 4.73. The lowest BCUT2D eigenvalue weighted by Crippen LogP contribution is -2.26. The van der Waals surface area contributed by atoms with Gasteiger partial charge >= 0.3 is 0 Å². The van der Waals surface area contributed by atoms with Crippen molar-refractivity contribution in [1.29, 1.82) is 0 Å². The molecule has 0 spiro atoms. The Morgan fingerprint density at radius 2 is 2.10 bits per heavy atom. The number of aromatic nitrogens is 2. The predicted octanol–water partition coefficient (Wildman–Crippen LogP) is 3.49. The summed E-state index contributed by atoms with van der Waals surface area (Å²) in [7, 11) is 0. The van der Waals surface area contributed by atoms with Crippen molar-refractivity contribution in [1.82, 2.24) is 9.97 Å². The molecular formula is C16H28N4. The Kier molecular flexibility index (Phi) is 5.62. The van der Waals surface area contributed by atoms with Crippen LogP contribution in [0.2, 0.25) is 0 Å². The van der Waals surface area contributed by atoms with Gasteiger partial charge in [-0.05, 0) is 31.6 Å². The summed E-state index contributed by atoms with van der Waals surface area (Å²) in [4.78, 5) is 11.7. The largest absolute Gasteiger partial charge is 0.370 e. The zero-order valence-electron chi connectivity index (χ0n) is 13.2. The Morgan fingerprint density at radius 1 is 1.25 bits per heavy atom. The molecule has 4 heteroatoms. The summed E-state index contributed by atoms with van der Waals surface area (Å²) in [5, 5.41) is 3.40. The molecule has 1 aliphatic rings. The van der Waals surface area contributed by atoms with Crippen molar-refractivity contribution in [3.8, 4) is 0 Å². The normalized spacial score (nSPS) is 19.8. The van der Waals surface area contributed by atoms with E-state index < -0.39 is 0 Å². The molecule has 1 fully saturated rings. The van der Waals surface area contributed by atoms with Gasteiger partial charge in [-0.2, -0.15) is 0 Å². The van der Waals surface area contributed by atoms with Crippen molar-refractivity contribution >= 4 is 11.6 Å². The molecule has 1 N–H and O–H groups in total. The highest BCUT2D eigenvalue weighted by Gasteiger charge is 2.16. The summed E-state index contributed by atoms with van der Waals surface area (Å²) < 4.78 is 0. The molecule has 1 atom stereocenters. The Balaban J connectivity index is 2.16. The SMILES string of the molecule is CCCNc1cc(N2CCCC(C)CC2)nc(CC)n1. The number of hydrogen-bond acceptors (Lipinski definition) is 4. The lowest BCUT2D eigenvalue weighted by atomic mass is 10.0. The molecule has 20 heavy (non-hydrogen) atoms. The molecule has 0 aromatic carbocycles. The first-order chi connectivity index (χ1) is 9.72. The molecule has 0 amide bonds. The van der Waals surface area contributed by atoms with Crippen LogP contribution in [0.15, 0.2) is 6.07 Å². The average Bonchev–Trinajstić information content (AvgIpc) is 2.69. The van der Waals surface area contributed by atoms with Gasteiger partial charge in [-0.25, -0.2) is 9.97 Å². The lowest BCUT2D eigenvalue weighted by molar-refractivity contribution is 0.521. The highest BCUT2D eigenvalue weighted by Crippen LogP contribution is 2.22. The zero-order valence-corrected chi connectivity index (χ0v) is 13.2. The van der Waals surface area contributed by atoms with Crippen LogP contribution in [-0.2, 0) is 6.42 Å². The third kappa shape index (κ3) is 4.09. The van der Waals surface area contributed by atoms with E-state index in [4.69, 9.17) is 4.98 Å². The molecule has 2 rings (SSSR count). The molecule has 1 aliphatic heterocycles. The van der Waals surface area contributed by atoms with Crippen LogP contribution in [-0.4, -0.2) is 29.6 Å². The highest BCUT2D eigenvalue weighted by atomic mass is 15.2. The Hall–Kier alpha value is -1.32. The third-order valence-corrected chi connectivity index (χ3v) is 3.97. The summed E-state index contributed by atoms with van der Waals surface area (Å²) in [5.41, 5.74) is 0. The van der Waals surface area contributed by atoms with Crippen LogP contribution in [0.5, 0.6) is 0 Å². The number of anilines is 2. The zero-order chi connectivity index (χ0) is 14.4. The van der Waals surface area contributed by atoms with Crippen LogP contribution in [0, 0.1) is 5.92 Å². The topological polar surface area (TPSA) is 41.0 Å². The fourth-order valence-electron chi connectivity index (χ4n) is 2.64. The predicted molar refractivity (Wildman–Crippen MR) is 85.4 cm³/mol. The lowest BCUT2D eigenvalue weighted by Gasteiger charge is -2.22. The van der Waals surface area contributed by atoms with Gasteiger partial charge < -0.3 is 10.2 Å². The van der Waals surface area contributed by atoms with Crippen LogP contribution in [0.4, 0.5) is 11.6 Å². The molecule has 0 radical (unpaired) electrons. The summed E-state index contributed by atoms with van der Waals surface area (Å²) in [6.07, 6.45) is 5.87. The number of nitrogens with zero attached hydrogens (tertiary/aromatic N) is 3. The number of rotatable bonds is 5. The summed E-state index contributed by atoms with van der Waals surface area (Å²) in [6.45, 7) is 9.86. The fraction of sp³-hybridized carbons (Fsp3) is 0.750. The van der Waals surface area contributed by atoms with E-state index in [1.807, 2.05) is 0 Å². The van der Waals surface area contributed by atoms with Gasteiger partial charge in [0, 0.05) is 32.1 Å².